The number of nitrogen functional groups attached to an aromatic ring is 1. The molecule has 0 saturated heterocycles. The molecule has 0 spiro atoms. The molecule has 10 heteroatoms. The number of thiophene rings is 1. The van der Waals surface area contributed by atoms with Gasteiger partial charge in [0.05, 0.1) is 0 Å². The third-order valence-electron chi connectivity index (χ3n) is 3.19. The summed E-state index contributed by atoms with van der Waals surface area (Å²) in [5.41, 5.74) is 2.29. The molecule has 8 nitrogen and oxygen atoms in total. The molecule has 0 amide bonds. The molecule has 3 aromatic heterocycles. The van der Waals surface area contributed by atoms with Crippen LogP contribution < -0.4 is 17.0 Å². The zero-order valence-corrected chi connectivity index (χ0v) is 12.4. The van der Waals surface area contributed by atoms with Gasteiger partial charge in [-0.25, -0.2) is 25.7 Å². The zero-order valence-electron chi connectivity index (χ0n) is 10.7. The van der Waals surface area contributed by atoms with Crippen molar-refractivity contribution in [3.05, 3.63) is 21.9 Å². The van der Waals surface area contributed by atoms with E-state index >= 15 is 0 Å². The average molecular weight is 321 g/mol. The highest BCUT2D eigenvalue weighted by atomic mass is 32.2. The summed E-state index contributed by atoms with van der Waals surface area (Å²) >= 11 is 2.86. The smallest absolute Gasteiger partial charge is 0.292 e. The summed E-state index contributed by atoms with van der Waals surface area (Å²) in [6.07, 6.45) is 2.03. The fraction of sp³-hybridized carbons (Fsp3) is 0.273. The molecule has 21 heavy (non-hydrogen) atoms. The van der Waals surface area contributed by atoms with Crippen LogP contribution in [0.25, 0.3) is 10.2 Å². The molecule has 0 unspecified atom stereocenters. The summed E-state index contributed by atoms with van der Waals surface area (Å²) in [7, 11) is 0. The molecule has 1 fully saturated rings. The van der Waals surface area contributed by atoms with Crippen molar-refractivity contribution in [1.82, 2.24) is 24.7 Å². The Kier molecular flexibility index (Phi) is 2.94. The van der Waals surface area contributed by atoms with Crippen LogP contribution in [-0.4, -0.2) is 24.7 Å². The Bertz CT molecular complexity index is 863. The Morgan fingerprint density at radius 2 is 2.33 bits per heavy atom. The summed E-state index contributed by atoms with van der Waals surface area (Å²) in [6, 6.07) is 2.21. The first kappa shape index (κ1) is 12.8. The van der Waals surface area contributed by atoms with Crippen LogP contribution in [0.1, 0.15) is 18.9 Å². The van der Waals surface area contributed by atoms with Crippen LogP contribution >= 0.6 is 23.1 Å². The summed E-state index contributed by atoms with van der Waals surface area (Å²) in [6.45, 7) is 0. The van der Waals surface area contributed by atoms with Crippen LogP contribution in [0.3, 0.4) is 0 Å². The fourth-order valence-electron chi connectivity index (χ4n) is 2.07. The largest absolute Gasteiger partial charge is 0.344 e. The van der Waals surface area contributed by atoms with Gasteiger partial charge in [0.1, 0.15) is 9.86 Å². The van der Waals surface area contributed by atoms with Crippen LogP contribution in [0, 0.1) is 0 Å². The molecule has 1 aliphatic rings. The third kappa shape index (κ3) is 2.20. The normalized spacial score (nSPS) is 14.7. The summed E-state index contributed by atoms with van der Waals surface area (Å²) in [4.78, 5) is 21.3. The van der Waals surface area contributed by atoms with Gasteiger partial charge in [0.25, 0.3) is 0 Å². The molecule has 0 aromatic carbocycles. The van der Waals surface area contributed by atoms with Crippen LogP contribution in [0.5, 0.6) is 0 Å². The van der Waals surface area contributed by atoms with Gasteiger partial charge in [-0.1, -0.05) is 0 Å². The van der Waals surface area contributed by atoms with Gasteiger partial charge in [0.15, 0.2) is 5.16 Å². The molecule has 108 valence electrons. The molecule has 3 aromatic rings. The van der Waals surface area contributed by atoms with E-state index in [2.05, 4.69) is 25.6 Å². The number of nitrogens with one attached hydrogen (secondary N) is 2. The predicted molar refractivity (Wildman–Crippen MR) is 80.5 cm³/mol. The molecule has 1 saturated carbocycles. The number of hydrazine groups is 1. The van der Waals surface area contributed by atoms with E-state index in [1.807, 2.05) is 11.4 Å². The Balaban J connectivity index is 1.80. The first-order valence-corrected chi connectivity index (χ1v) is 8.02. The van der Waals surface area contributed by atoms with Gasteiger partial charge in [0, 0.05) is 11.4 Å². The molecular weight excluding hydrogens is 310 g/mol. The molecule has 3 heterocycles. The summed E-state index contributed by atoms with van der Waals surface area (Å²) in [5.74, 6) is 5.76. The number of hydrogen-bond acceptors (Lipinski definition) is 8. The summed E-state index contributed by atoms with van der Waals surface area (Å²) < 4.78 is 1.69. The number of anilines is 1. The van der Waals surface area contributed by atoms with Gasteiger partial charge in [-0.05, 0) is 36.0 Å². The average Bonchev–Trinajstić information content (AvgIpc) is 3.08. The van der Waals surface area contributed by atoms with Crippen LogP contribution in [0.15, 0.2) is 26.4 Å². The minimum atomic E-state index is -0.173. The second-order valence-electron chi connectivity index (χ2n) is 4.65. The van der Waals surface area contributed by atoms with Crippen LogP contribution in [0.4, 0.5) is 5.95 Å². The van der Waals surface area contributed by atoms with Crippen molar-refractivity contribution in [2.75, 3.05) is 5.43 Å². The lowest BCUT2D eigenvalue weighted by Gasteiger charge is -2.05. The minimum Gasteiger partial charge on any atom is -0.292 e. The molecule has 0 aliphatic heterocycles. The number of hydrogen-bond donors (Lipinski definition) is 3. The number of rotatable bonds is 4. The molecular formula is C11H11N7OS2. The lowest BCUT2D eigenvalue weighted by atomic mass is 10.4. The Morgan fingerprint density at radius 3 is 3.10 bits per heavy atom. The molecule has 0 atom stereocenters. The quantitative estimate of drug-likeness (QED) is 0.377. The van der Waals surface area contributed by atoms with Crippen molar-refractivity contribution in [2.45, 2.75) is 29.1 Å². The highest BCUT2D eigenvalue weighted by Crippen LogP contribution is 2.39. The number of H-pyrrole nitrogens is 1. The number of aromatic amines is 1. The number of nitrogens with zero attached hydrogens (tertiary/aromatic N) is 4. The number of aromatic nitrogens is 5. The summed E-state index contributed by atoms with van der Waals surface area (Å²) in [5, 5.41) is 10.8. The number of fused-ring (bicyclic) bond motifs is 1. The maximum Gasteiger partial charge on any atom is 0.344 e. The Morgan fingerprint density at radius 1 is 1.48 bits per heavy atom. The lowest BCUT2D eigenvalue weighted by molar-refractivity contribution is 0.642. The van der Waals surface area contributed by atoms with Crippen LogP contribution in [-0.2, 0) is 0 Å². The van der Waals surface area contributed by atoms with Gasteiger partial charge in [-0.3, -0.25) is 9.99 Å². The Labute approximate surface area is 126 Å². The topological polar surface area (TPSA) is 115 Å². The van der Waals surface area contributed by atoms with E-state index in [-0.39, 0.29) is 11.7 Å². The second-order valence-corrected chi connectivity index (χ2v) is 6.50. The Hall–Kier alpha value is -1.91. The monoisotopic (exact) mass is 321 g/mol. The first-order chi connectivity index (χ1) is 10.3. The van der Waals surface area contributed by atoms with E-state index < -0.39 is 0 Å². The molecule has 0 radical (unpaired) electrons. The van der Waals surface area contributed by atoms with Crippen molar-refractivity contribution >= 4 is 39.3 Å². The minimum absolute atomic E-state index is 0.173. The SMILES string of the molecule is NNc1nc(Sc2n[nH]c(=O)n2C2CC2)c2ccsc2n1. The predicted octanol–water partition coefficient (Wildman–Crippen LogP) is 1.35. The van der Waals surface area contributed by atoms with Crippen LogP contribution in [0.2, 0.25) is 0 Å². The van der Waals surface area contributed by atoms with Gasteiger partial charge in [-0.2, -0.15) is 0 Å². The van der Waals surface area contributed by atoms with Crippen molar-refractivity contribution in [3.63, 3.8) is 0 Å². The lowest BCUT2D eigenvalue weighted by Crippen LogP contribution is -2.16. The highest BCUT2D eigenvalue weighted by molar-refractivity contribution is 7.99. The van der Waals surface area contributed by atoms with Crippen molar-refractivity contribution in [1.29, 1.82) is 0 Å². The van der Waals surface area contributed by atoms with Gasteiger partial charge < -0.3 is 0 Å². The van der Waals surface area contributed by atoms with E-state index in [1.54, 1.807) is 4.57 Å². The van der Waals surface area contributed by atoms with Crippen molar-refractivity contribution in [2.24, 2.45) is 5.84 Å². The molecule has 1 aliphatic carbocycles. The molecule has 4 N–H and O–H groups in total. The first-order valence-electron chi connectivity index (χ1n) is 6.33. The van der Waals surface area contributed by atoms with Crippen molar-refractivity contribution < 1.29 is 0 Å². The van der Waals surface area contributed by atoms with E-state index in [0.717, 1.165) is 28.1 Å². The van der Waals surface area contributed by atoms with E-state index in [0.29, 0.717) is 11.1 Å². The standard InChI is InChI=1S/C11H11N7OS2/c12-15-9-13-7-6(3-4-20-7)8(14-9)21-11-17-16-10(19)18(11)5-1-2-5/h3-5H,1-2,12H2,(H,16,19)(H,13,14,15). The zero-order chi connectivity index (χ0) is 14.4. The van der Waals surface area contributed by atoms with Crippen molar-refractivity contribution in [3.8, 4) is 0 Å². The van der Waals surface area contributed by atoms with E-state index in [1.165, 1.54) is 23.1 Å². The van der Waals surface area contributed by atoms with Gasteiger partial charge in [0.2, 0.25) is 5.95 Å². The van der Waals surface area contributed by atoms with Gasteiger partial charge in [-0.15, -0.1) is 16.4 Å². The maximum atomic E-state index is 11.8. The van der Waals surface area contributed by atoms with E-state index in [9.17, 15) is 4.79 Å². The van der Waals surface area contributed by atoms with Gasteiger partial charge >= 0.3 is 5.69 Å². The maximum absolute atomic E-state index is 11.8. The van der Waals surface area contributed by atoms with E-state index in [4.69, 9.17) is 5.84 Å². The highest BCUT2D eigenvalue weighted by Gasteiger charge is 2.29. The fourth-order valence-corrected chi connectivity index (χ4v) is 3.90. The number of nitrogens with two attached hydrogens (primary N) is 1. The second kappa shape index (κ2) is 4.83. The molecule has 0 bridgehead atoms. The molecule has 4 rings (SSSR count). The third-order valence-corrected chi connectivity index (χ3v) is 4.97.